The van der Waals surface area contributed by atoms with Gasteiger partial charge in [-0.05, 0) is 58.7 Å². The third-order valence-corrected chi connectivity index (χ3v) is 5.76. The zero-order valence-corrected chi connectivity index (χ0v) is 20.9. The van der Waals surface area contributed by atoms with Gasteiger partial charge in [0.25, 0.3) is 5.91 Å². The highest BCUT2D eigenvalue weighted by Crippen LogP contribution is 2.29. The largest absolute Gasteiger partial charge is 0.493 e. The second-order valence-electron chi connectivity index (χ2n) is 9.68. The highest BCUT2D eigenvalue weighted by Gasteiger charge is 2.28. The van der Waals surface area contributed by atoms with Crippen LogP contribution >= 0.6 is 0 Å². The van der Waals surface area contributed by atoms with Gasteiger partial charge in [0.15, 0.2) is 5.82 Å². The van der Waals surface area contributed by atoms with E-state index in [9.17, 15) is 9.59 Å². The number of nitrogens with one attached hydrogen (secondary N) is 1. The molecular weight excluding hydrogens is 448 g/mol. The van der Waals surface area contributed by atoms with Gasteiger partial charge in [0.05, 0.1) is 23.4 Å². The first-order valence-corrected chi connectivity index (χ1v) is 11.9. The summed E-state index contributed by atoms with van der Waals surface area (Å²) in [6.45, 7) is 9.10. The summed E-state index contributed by atoms with van der Waals surface area (Å²) in [5, 5.41) is 16.6. The van der Waals surface area contributed by atoms with Crippen LogP contribution in [0.5, 0.6) is 5.75 Å². The molecule has 1 N–H and O–H groups in total. The van der Waals surface area contributed by atoms with Crippen molar-refractivity contribution in [2.45, 2.75) is 52.1 Å². The van der Waals surface area contributed by atoms with Crippen molar-refractivity contribution in [1.29, 1.82) is 0 Å². The van der Waals surface area contributed by atoms with Crippen molar-refractivity contribution in [3.63, 3.8) is 0 Å². The number of fused-ring (bicyclic) bond motifs is 1. The summed E-state index contributed by atoms with van der Waals surface area (Å²) >= 11 is 0. The average molecular weight is 481 g/mol. The SMILES string of the molecule is CCOc1cc2nn(C)cc2cc1C(=O)Nc1ccc(C2CCN(C(=O)OC(C)(C)C)CC2)nn1. The zero-order valence-electron chi connectivity index (χ0n) is 20.9. The normalized spacial score (nSPS) is 14.7. The number of aromatic nitrogens is 4. The molecule has 3 aromatic rings. The Hall–Kier alpha value is -3.69. The van der Waals surface area contributed by atoms with E-state index in [0.29, 0.717) is 36.8 Å². The van der Waals surface area contributed by atoms with Crippen LogP contribution in [0.15, 0.2) is 30.5 Å². The molecule has 4 rings (SSSR count). The highest BCUT2D eigenvalue weighted by atomic mass is 16.6. The van der Waals surface area contributed by atoms with E-state index in [1.54, 1.807) is 27.8 Å². The first-order chi connectivity index (χ1) is 16.6. The summed E-state index contributed by atoms with van der Waals surface area (Å²) in [6.07, 6.45) is 3.13. The molecule has 10 heteroatoms. The quantitative estimate of drug-likeness (QED) is 0.584. The Labute approximate surface area is 204 Å². The van der Waals surface area contributed by atoms with Crippen LogP contribution in [-0.2, 0) is 11.8 Å². The lowest BCUT2D eigenvalue weighted by molar-refractivity contribution is 0.0204. The van der Waals surface area contributed by atoms with Crippen LogP contribution in [0.25, 0.3) is 10.9 Å². The van der Waals surface area contributed by atoms with E-state index in [2.05, 4.69) is 20.6 Å². The summed E-state index contributed by atoms with van der Waals surface area (Å²) in [4.78, 5) is 27.0. The number of amides is 2. The van der Waals surface area contributed by atoms with E-state index >= 15 is 0 Å². The van der Waals surface area contributed by atoms with Gasteiger partial charge in [0.1, 0.15) is 11.4 Å². The number of ether oxygens (including phenoxy) is 2. The molecule has 1 aromatic carbocycles. The van der Waals surface area contributed by atoms with Gasteiger partial charge in [-0.1, -0.05) is 0 Å². The lowest BCUT2D eigenvalue weighted by Gasteiger charge is -2.33. The molecule has 0 radical (unpaired) electrons. The molecule has 35 heavy (non-hydrogen) atoms. The average Bonchev–Trinajstić information content (AvgIpc) is 3.17. The number of benzene rings is 1. The topological polar surface area (TPSA) is 111 Å². The van der Waals surface area contributed by atoms with Gasteiger partial charge in [-0.15, -0.1) is 5.10 Å². The molecule has 0 aliphatic carbocycles. The second-order valence-corrected chi connectivity index (χ2v) is 9.68. The van der Waals surface area contributed by atoms with E-state index in [4.69, 9.17) is 9.47 Å². The van der Waals surface area contributed by atoms with Crippen molar-refractivity contribution >= 4 is 28.7 Å². The number of hydrogen-bond donors (Lipinski definition) is 1. The predicted octanol–water partition coefficient (Wildman–Crippen LogP) is 4.13. The summed E-state index contributed by atoms with van der Waals surface area (Å²) < 4.78 is 12.8. The number of nitrogens with zero attached hydrogens (tertiary/aromatic N) is 5. The number of hydrogen-bond acceptors (Lipinski definition) is 7. The highest BCUT2D eigenvalue weighted by molar-refractivity contribution is 6.08. The first kappa shape index (κ1) is 24.4. The van der Waals surface area contributed by atoms with Crippen molar-refractivity contribution in [1.82, 2.24) is 24.9 Å². The zero-order chi connectivity index (χ0) is 25.2. The van der Waals surface area contributed by atoms with Crippen LogP contribution in [0.3, 0.4) is 0 Å². The third kappa shape index (κ3) is 5.87. The Bertz CT molecular complexity index is 1210. The van der Waals surface area contributed by atoms with Gasteiger partial charge in [-0.25, -0.2) is 4.79 Å². The van der Waals surface area contributed by atoms with Crippen LogP contribution in [0, 0.1) is 0 Å². The standard InChI is InChI=1S/C25H32N6O4/c1-6-34-21-14-20-17(15-30(5)29-20)13-18(21)23(32)26-22-8-7-19(27-28-22)16-9-11-31(12-10-16)24(33)35-25(2,3)4/h7-8,13-16H,6,9-12H2,1-5H3,(H,26,28,32). The Kier molecular flexibility index (Phi) is 6.90. The van der Waals surface area contributed by atoms with Gasteiger partial charge >= 0.3 is 6.09 Å². The van der Waals surface area contributed by atoms with Crippen molar-refractivity contribution < 1.29 is 19.1 Å². The van der Waals surface area contributed by atoms with Gasteiger partial charge in [-0.2, -0.15) is 10.2 Å². The molecule has 2 aromatic heterocycles. The van der Waals surface area contributed by atoms with Crippen LogP contribution in [-0.4, -0.2) is 62.2 Å². The number of anilines is 1. The van der Waals surface area contributed by atoms with Crippen molar-refractivity contribution in [3.8, 4) is 5.75 Å². The molecule has 2 amide bonds. The van der Waals surface area contributed by atoms with Gasteiger partial charge in [0.2, 0.25) is 0 Å². The van der Waals surface area contributed by atoms with Crippen molar-refractivity contribution in [3.05, 3.63) is 41.7 Å². The number of aryl methyl sites for hydroxylation is 1. The maximum absolute atomic E-state index is 13.0. The molecule has 1 saturated heterocycles. The molecule has 3 heterocycles. The fourth-order valence-electron chi connectivity index (χ4n) is 4.12. The Morgan fingerprint density at radius 3 is 2.51 bits per heavy atom. The Balaban J connectivity index is 1.40. The van der Waals surface area contributed by atoms with E-state index in [1.807, 2.05) is 47.0 Å². The van der Waals surface area contributed by atoms with Crippen LogP contribution < -0.4 is 10.1 Å². The number of carbonyl (C=O) groups excluding carboxylic acids is 2. The molecule has 186 valence electrons. The maximum Gasteiger partial charge on any atom is 0.410 e. The molecule has 0 atom stereocenters. The monoisotopic (exact) mass is 480 g/mol. The maximum atomic E-state index is 13.0. The molecule has 1 aliphatic rings. The molecule has 0 unspecified atom stereocenters. The molecule has 1 fully saturated rings. The van der Waals surface area contributed by atoms with Crippen LogP contribution in [0.2, 0.25) is 0 Å². The number of piperidine rings is 1. The molecule has 10 nitrogen and oxygen atoms in total. The van der Waals surface area contributed by atoms with Crippen LogP contribution in [0.1, 0.15) is 62.5 Å². The Morgan fingerprint density at radius 2 is 1.89 bits per heavy atom. The minimum atomic E-state index is -0.507. The fourth-order valence-corrected chi connectivity index (χ4v) is 4.12. The fraction of sp³-hybridized carbons (Fsp3) is 0.480. The third-order valence-electron chi connectivity index (χ3n) is 5.76. The summed E-state index contributed by atoms with van der Waals surface area (Å²) in [7, 11) is 1.83. The first-order valence-electron chi connectivity index (χ1n) is 11.9. The lowest BCUT2D eigenvalue weighted by atomic mass is 9.93. The molecule has 1 aliphatic heterocycles. The molecule has 0 bridgehead atoms. The minimum absolute atomic E-state index is 0.198. The summed E-state index contributed by atoms with van der Waals surface area (Å²) in [5.41, 5.74) is 1.51. The molecule has 0 saturated carbocycles. The van der Waals surface area contributed by atoms with Gasteiger partial charge < -0.3 is 19.7 Å². The number of rotatable bonds is 5. The molecular formula is C25H32N6O4. The van der Waals surface area contributed by atoms with Crippen LogP contribution in [0.4, 0.5) is 10.6 Å². The summed E-state index contributed by atoms with van der Waals surface area (Å²) in [5.74, 6) is 0.701. The summed E-state index contributed by atoms with van der Waals surface area (Å²) in [6, 6.07) is 7.17. The van der Waals surface area contributed by atoms with E-state index < -0.39 is 5.60 Å². The van der Waals surface area contributed by atoms with Gasteiger partial charge in [0, 0.05) is 43.7 Å². The Morgan fingerprint density at radius 1 is 1.14 bits per heavy atom. The number of carbonyl (C=O) groups is 2. The number of likely N-dealkylation sites (tertiary alicyclic amines) is 1. The van der Waals surface area contributed by atoms with E-state index in [-0.39, 0.29) is 17.9 Å². The van der Waals surface area contributed by atoms with Gasteiger partial charge in [-0.3, -0.25) is 9.48 Å². The predicted molar refractivity (Wildman–Crippen MR) is 132 cm³/mol. The minimum Gasteiger partial charge on any atom is -0.493 e. The van der Waals surface area contributed by atoms with Crippen molar-refractivity contribution in [2.75, 3.05) is 25.0 Å². The van der Waals surface area contributed by atoms with Crippen molar-refractivity contribution in [2.24, 2.45) is 7.05 Å². The van der Waals surface area contributed by atoms with E-state index in [0.717, 1.165) is 29.4 Å². The second kappa shape index (κ2) is 9.89. The molecule has 0 spiro atoms. The van der Waals surface area contributed by atoms with E-state index in [1.165, 1.54) is 0 Å². The lowest BCUT2D eigenvalue weighted by Crippen LogP contribution is -2.41. The smallest absolute Gasteiger partial charge is 0.410 e.